The number of carbonyl (C=O) groups is 1. The lowest BCUT2D eigenvalue weighted by molar-refractivity contribution is -0.141. The summed E-state index contributed by atoms with van der Waals surface area (Å²) in [6, 6.07) is 5.87. The Bertz CT molecular complexity index is 787. The van der Waals surface area contributed by atoms with E-state index < -0.39 is 11.9 Å². The van der Waals surface area contributed by atoms with Gasteiger partial charge >= 0.3 is 6.18 Å². The van der Waals surface area contributed by atoms with Gasteiger partial charge in [0.15, 0.2) is 17.2 Å². The average Bonchev–Trinajstić information content (AvgIpc) is 3.16. The van der Waals surface area contributed by atoms with Gasteiger partial charge in [-0.15, -0.1) is 0 Å². The van der Waals surface area contributed by atoms with Crippen molar-refractivity contribution in [2.24, 2.45) is 0 Å². The molecule has 1 amide bonds. The van der Waals surface area contributed by atoms with Crippen molar-refractivity contribution in [1.29, 1.82) is 0 Å². The molecular formula is C16H16F3N3O3. The van der Waals surface area contributed by atoms with Crippen molar-refractivity contribution in [2.45, 2.75) is 26.1 Å². The van der Waals surface area contributed by atoms with Gasteiger partial charge in [-0.3, -0.25) is 9.48 Å². The van der Waals surface area contributed by atoms with Gasteiger partial charge in [0, 0.05) is 24.3 Å². The first kappa shape index (κ1) is 17.1. The molecule has 0 aliphatic carbocycles. The molecule has 2 aromatic rings. The van der Waals surface area contributed by atoms with Crippen molar-refractivity contribution in [3.63, 3.8) is 0 Å². The largest absolute Gasteiger partial charge is 0.454 e. The fourth-order valence-corrected chi connectivity index (χ4v) is 2.45. The van der Waals surface area contributed by atoms with Crippen LogP contribution < -0.4 is 14.8 Å². The third kappa shape index (κ3) is 3.86. The smallest absolute Gasteiger partial charge is 0.435 e. The van der Waals surface area contributed by atoms with E-state index in [4.69, 9.17) is 9.47 Å². The van der Waals surface area contributed by atoms with E-state index in [1.54, 1.807) is 25.1 Å². The number of rotatable bonds is 5. The fourth-order valence-electron chi connectivity index (χ4n) is 2.45. The second-order valence-electron chi connectivity index (χ2n) is 5.57. The maximum atomic E-state index is 12.6. The lowest BCUT2D eigenvalue weighted by Gasteiger charge is -2.07. The van der Waals surface area contributed by atoms with Crippen LogP contribution in [-0.2, 0) is 12.7 Å². The molecule has 0 radical (unpaired) electrons. The highest BCUT2D eigenvalue weighted by Crippen LogP contribution is 2.32. The normalized spacial score (nSPS) is 13.1. The number of nitrogens with one attached hydrogen (secondary N) is 1. The Morgan fingerprint density at radius 3 is 2.76 bits per heavy atom. The summed E-state index contributed by atoms with van der Waals surface area (Å²) in [4.78, 5) is 12.1. The molecule has 25 heavy (non-hydrogen) atoms. The van der Waals surface area contributed by atoms with Gasteiger partial charge in [0.25, 0.3) is 5.91 Å². The minimum Gasteiger partial charge on any atom is -0.454 e. The number of amides is 1. The molecule has 0 spiro atoms. The second-order valence-corrected chi connectivity index (χ2v) is 5.57. The molecule has 1 aromatic heterocycles. The van der Waals surface area contributed by atoms with Crippen LogP contribution in [0.1, 0.15) is 28.2 Å². The Morgan fingerprint density at radius 1 is 1.28 bits per heavy atom. The lowest BCUT2D eigenvalue weighted by atomic mass is 10.2. The molecule has 2 heterocycles. The first-order valence-corrected chi connectivity index (χ1v) is 7.64. The zero-order valence-electron chi connectivity index (χ0n) is 13.4. The molecule has 9 heteroatoms. The summed E-state index contributed by atoms with van der Waals surface area (Å²) in [5.41, 5.74) is -0.0531. The van der Waals surface area contributed by atoms with Gasteiger partial charge in [-0.2, -0.15) is 18.3 Å². The summed E-state index contributed by atoms with van der Waals surface area (Å²) in [7, 11) is 0. The number of hydrogen-bond acceptors (Lipinski definition) is 4. The van der Waals surface area contributed by atoms with Crippen molar-refractivity contribution in [3.8, 4) is 11.5 Å². The molecule has 1 aliphatic rings. The van der Waals surface area contributed by atoms with E-state index in [0.717, 1.165) is 6.07 Å². The first-order valence-electron chi connectivity index (χ1n) is 7.64. The van der Waals surface area contributed by atoms with Gasteiger partial charge in [-0.25, -0.2) is 0 Å². The van der Waals surface area contributed by atoms with E-state index in [-0.39, 0.29) is 19.2 Å². The second kappa shape index (κ2) is 6.66. The van der Waals surface area contributed by atoms with Gasteiger partial charge in [-0.1, -0.05) is 0 Å². The molecule has 0 bridgehead atoms. The molecule has 1 aliphatic heterocycles. The highest BCUT2D eigenvalue weighted by Gasteiger charge is 2.34. The molecule has 3 rings (SSSR count). The maximum absolute atomic E-state index is 12.6. The predicted molar refractivity (Wildman–Crippen MR) is 81.5 cm³/mol. The molecule has 0 fully saturated rings. The summed E-state index contributed by atoms with van der Waals surface area (Å²) < 4.78 is 49.5. The number of aromatic nitrogens is 2. The minimum absolute atomic E-state index is 0.129. The van der Waals surface area contributed by atoms with E-state index in [2.05, 4.69) is 10.4 Å². The molecule has 0 saturated heterocycles. The Kier molecular flexibility index (Phi) is 4.56. The van der Waals surface area contributed by atoms with E-state index in [9.17, 15) is 18.0 Å². The van der Waals surface area contributed by atoms with Crippen molar-refractivity contribution in [2.75, 3.05) is 13.3 Å². The van der Waals surface area contributed by atoms with Crippen molar-refractivity contribution < 1.29 is 27.4 Å². The number of hydrogen-bond donors (Lipinski definition) is 1. The van der Waals surface area contributed by atoms with Crippen LogP contribution in [-0.4, -0.2) is 29.0 Å². The topological polar surface area (TPSA) is 65.4 Å². The number of alkyl halides is 3. The number of aryl methyl sites for hydroxylation is 2. The summed E-state index contributed by atoms with van der Waals surface area (Å²) in [6.45, 7) is 2.29. The van der Waals surface area contributed by atoms with Gasteiger partial charge in [-0.05, 0) is 37.6 Å². The third-order valence-electron chi connectivity index (χ3n) is 3.74. The molecule has 6 nitrogen and oxygen atoms in total. The van der Waals surface area contributed by atoms with E-state index in [1.165, 1.54) is 4.68 Å². The van der Waals surface area contributed by atoms with Gasteiger partial charge in [0.1, 0.15) is 0 Å². The Balaban J connectivity index is 1.50. The Labute approximate surface area is 141 Å². The Morgan fingerprint density at radius 2 is 2.04 bits per heavy atom. The zero-order valence-corrected chi connectivity index (χ0v) is 13.4. The lowest BCUT2D eigenvalue weighted by Crippen LogP contribution is -2.25. The van der Waals surface area contributed by atoms with Crippen molar-refractivity contribution >= 4 is 5.91 Å². The molecule has 1 aromatic carbocycles. The summed E-state index contributed by atoms with van der Waals surface area (Å²) in [6.07, 6.45) is -4.00. The quantitative estimate of drug-likeness (QED) is 0.838. The molecular weight excluding hydrogens is 339 g/mol. The van der Waals surface area contributed by atoms with Gasteiger partial charge in [0.2, 0.25) is 6.79 Å². The number of ether oxygens (including phenoxy) is 2. The predicted octanol–water partition coefficient (Wildman–Crippen LogP) is 2.76. The van der Waals surface area contributed by atoms with Crippen LogP contribution in [0.15, 0.2) is 24.3 Å². The number of halogens is 3. The minimum atomic E-state index is -4.45. The standard InChI is InChI=1S/C16H16F3N3O3/c1-10-7-14(16(17,18)19)21-22(10)6-2-5-20-15(23)11-3-4-12-13(8-11)25-9-24-12/h3-4,7-8H,2,5-6,9H2,1H3,(H,20,23). The summed E-state index contributed by atoms with van der Waals surface area (Å²) in [5.74, 6) is 0.817. The van der Waals surface area contributed by atoms with E-state index in [1.807, 2.05) is 0 Å². The molecule has 0 atom stereocenters. The van der Waals surface area contributed by atoms with Crippen molar-refractivity contribution in [3.05, 3.63) is 41.2 Å². The number of nitrogens with zero attached hydrogens (tertiary/aromatic N) is 2. The molecule has 134 valence electrons. The van der Waals surface area contributed by atoms with Crippen LogP contribution in [0, 0.1) is 6.92 Å². The molecule has 0 unspecified atom stereocenters. The molecule has 0 saturated carbocycles. The summed E-state index contributed by atoms with van der Waals surface area (Å²) in [5, 5.41) is 6.26. The number of carbonyl (C=O) groups excluding carboxylic acids is 1. The van der Waals surface area contributed by atoms with Crippen LogP contribution >= 0.6 is 0 Å². The monoisotopic (exact) mass is 355 g/mol. The molecule has 1 N–H and O–H groups in total. The first-order chi connectivity index (χ1) is 11.8. The zero-order chi connectivity index (χ0) is 18.0. The van der Waals surface area contributed by atoms with E-state index in [0.29, 0.717) is 35.7 Å². The highest BCUT2D eigenvalue weighted by molar-refractivity contribution is 5.94. The average molecular weight is 355 g/mol. The van der Waals surface area contributed by atoms with Crippen LogP contribution in [0.3, 0.4) is 0 Å². The SMILES string of the molecule is Cc1cc(C(F)(F)F)nn1CCCNC(=O)c1ccc2c(c1)OCO2. The summed E-state index contributed by atoms with van der Waals surface area (Å²) >= 11 is 0. The van der Waals surface area contributed by atoms with Crippen LogP contribution in [0.4, 0.5) is 13.2 Å². The van der Waals surface area contributed by atoms with E-state index >= 15 is 0 Å². The number of benzene rings is 1. The van der Waals surface area contributed by atoms with Crippen LogP contribution in [0.25, 0.3) is 0 Å². The Hall–Kier alpha value is -2.71. The van der Waals surface area contributed by atoms with Crippen LogP contribution in [0.5, 0.6) is 11.5 Å². The fraction of sp³-hybridized carbons (Fsp3) is 0.375. The van der Waals surface area contributed by atoms with Crippen LogP contribution in [0.2, 0.25) is 0 Å². The van der Waals surface area contributed by atoms with Crippen molar-refractivity contribution in [1.82, 2.24) is 15.1 Å². The van der Waals surface area contributed by atoms with Gasteiger partial charge < -0.3 is 14.8 Å². The highest BCUT2D eigenvalue weighted by atomic mass is 19.4. The third-order valence-corrected chi connectivity index (χ3v) is 3.74. The number of fused-ring (bicyclic) bond motifs is 1. The maximum Gasteiger partial charge on any atom is 0.435 e. The van der Waals surface area contributed by atoms with Gasteiger partial charge in [0.05, 0.1) is 0 Å².